The Bertz CT molecular complexity index is 1010. The second-order valence-electron chi connectivity index (χ2n) is 6.36. The maximum absolute atomic E-state index is 13.7. The minimum Gasteiger partial charge on any atom is -0.494 e. The Balaban J connectivity index is 1.65. The van der Waals surface area contributed by atoms with Crippen molar-refractivity contribution in [1.29, 1.82) is 0 Å². The molecule has 6 nitrogen and oxygen atoms in total. The summed E-state index contributed by atoms with van der Waals surface area (Å²) in [5, 5.41) is 1.62. The number of amides is 3. The molecule has 1 aliphatic heterocycles. The van der Waals surface area contributed by atoms with Crippen molar-refractivity contribution in [2.45, 2.75) is 13.3 Å². The monoisotopic (exact) mass is 432 g/mol. The largest absolute Gasteiger partial charge is 0.494 e. The van der Waals surface area contributed by atoms with Crippen LogP contribution in [0, 0.1) is 11.6 Å². The standard InChI is InChI=1S/C21H18F2N2O4S/c1-2-9-29-15-6-3-13(4-7-15)10-18-20(27)25(21(28)30-18)12-19(26)24-17-8-5-14(22)11-16(17)23/h3-8,10-11H,2,9,12H2,1H3,(H,24,26)/b18-10-. The van der Waals surface area contributed by atoms with Crippen molar-refractivity contribution in [2.24, 2.45) is 0 Å². The molecule has 0 aromatic heterocycles. The number of hydrogen-bond donors (Lipinski definition) is 1. The SMILES string of the molecule is CCCOc1ccc(/C=C2\SC(=O)N(CC(=O)Nc3ccc(F)cc3F)C2=O)cc1. The van der Waals surface area contributed by atoms with Crippen molar-refractivity contribution >= 4 is 40.6 Å². The number of nitrogens with one attached hydrogen (secondary N) is 1. The number of imide groups is 1. The number of carbonyl (C=O) groups excluding carboxylic acids is 3. The van der Waals surface area contributed by atoms with E-state index in [1.165, 1.54) is 0 Å². The lowest BCUT2D eigenvalue weighted by molar-refractivity contribution is -0.127. The molecule has 156 valence electrons. The average Bonchev–Trinajstić information content (AvgIpc) is 2.97. The predicted molar refractivity (Wildman–Crippen MR) is 110 cm³/mol. The van der Waals surface area contributed by atoms with E-state index in [1.54, 1.807) is 30.3 Å². The molecule has 2 aromatic rings. The first-order valence-electron chi connectivity index (χ1n) is 9.10. The second-order valence-corrected chi connectivity index (χ2v) is 7.35. The third-order valence-corrected chi connectivity index (χ3v) is 4.94. The second kappa shape index (κ2) is 9.53. The molecule has 1 aliphatic rings. The fourth-order valence-corrected chi connectivity index (χ4v) is 3.43. The molecule has 0 spiro atoms. The average molecular weight is 432 g/mol. The van der Waals surface area contributed by atoms with Crippen LogP contribution >= 0.6 is 11.8 Å². The Labute approximate surface area is 175 Å². The van der Waals surface area contributed by atoms with Crippen molar-refractivity contribution in [3.8, 4) is 5.75 Å². The maximum atomic E-state index is 13.7. The lowest BCUT2D eigenvalue weighted by atomic mass is 10.2. The van der Waals surface area contributed by atoms with Crippen LogP contribution in [0.15, 0.2) is 47.4 Å². The Morgan fingerprint density at radius 3 is 2.57 bits per heavy atom. The zero-order chi connectivity index (χ0) is 21.7. The molecule has 9 heteroatoms. The number of anilines is 1. The molecule has 0 radical (unpaired) electrons. The normalized spacial score (nSPS) is 15.0. The lowest BCUT2D eigenvalue weighted by Crippen LogP contribution is -2.36. The van der Waals surface area contributed by atoms with Crippen molar-refractivity contribution in [2.75, 3.05) is 18.5 Å². The fourth-order valence-electron chi connectivity index (χ4n) is 2.59. The topological polar surface area (TPSA) is 75.7 Å². The molecular formula is C21H18F2N2O4S. The van der Waals surface area contributed by atoms with Crippen molar-refractivity contribution in [3.05, 3.63) is 64.6 Å². The zero-order valence-electron chi connectivity index (χ0n) is 16.0. The third-order valence-electron chi connectivity index (χ3n) is 4.03. The molecule has 0 unspecified atom stereocenters. The third kappa shape index (κ3) is 5.24. The summed E-state index contributed by atoms with van der Waals surface area (Å²) in [6.07, 6.45) is 2.43. The molecule has 0 bridgehead atoms. The van der Waals surface area contributed by atoms with E-state index in [4.69, 9.17) is 4.74 Å². The van der Waals surface area contributed by atoms with Gasteiger partial charge in [-0.1, -0.05) is 19.1 Å². The Morgan fingerprint density at radius 1 is 1.17 bits per heavy atom. The smallest absolute Gasteiger partial charge is 0.294 e. The zero-order valence-corrected chi connectivity index (χ0v) is 16.8. The van der Waals surface area contributed by atoms with E-state index in [-0.39, 0.29) is 10.6 Å². The number of halogens is 2. The molecule has 1 fully saturated rings. The van der Waals surface area contributed by atoms with Crippen LogP contribution in [0.25, 0.3) is 6.08 Å². The first-order valence-corrected chi connectivity index (χ1v) is 9.92. The first-order chi connectivity index (χ1) is 14.4. The van der Waals surface area contributed by atoms with E-state index in [0.717, 1.165) is 23.5 Å². The van der Waals surface area contributed by atoms with Crippen LogP contribution in [0.4, 0.5) is 19.3 Å². The molecule has 0 aliphatic carbocycles. The van der Waals surface area contributed by atoms with E-state index in [9.17, 15) is 23.2 Å². The molecule has 3 amide bonds. The van der Waals surface area contributed by atoms with Gasteiger partial charge in [0.25, 0.3) is 11.1 Å². The number of hydrogen-bond acceptors (Lipinski definition) is 5. The maximum Gasteiger partial charge on any atom is 0.294 e. The highest BCUT2D eigenvalue weighted by Gasteiger charge is 2.36. The lowest BCUT2D eigenvalue weighted by Gasteiger charge is -2.12. The van der Waals surface area contributed by atoms with Gasteiger partial charge in [-0.25, -0.2) is 8.78 Å². The van der Waals surface area contributed by atoms with Crippen LogP contribution in [0.5, 0.6) is 5.75 Å². The number of thioether (sulfide) groups is 1. The fraction of sp³-hybridized carbons (Fsp3) is 0.190. The predicted octanol–water partition coefficient (Wildman–Crippen LogP) is 4.43. The number of benzene rings is 2. The minimum atomic E-state index is -0.955. The van der Waals surface area contributed by atoms with E-state index in [2.05, 4.69) is 5.32 Å². The molecule has 0 atom stereocenters. The quantitative estimate of drug-likeness (QED) is 0.655. The molecule has 0 saturated carbocycles. The van der Waals surface area contributed by atoms with Crippen LogP contribution in [0.1, 0.15) is 18.9 Å². The van der Waals surface area contributed by atoms with Gasteiger partial charge < -0.3 is 10.1 Å². The van der Waals surface area contributed by atoms with E-state index in [0.29, 0.717) is 35.7 Å². The molecule has 30 heavy (non-hydrogen) atoms. The van der Waals surface area contributed by atoms with Crippen molar-refractivity contribution in [3.63, 3.8) is 0 Å². The van der Waals surface area contributed by atoms with Gasteiger partial charge in [0.15, 0.2) is 0 Å². The van der Waals surface area contributed by atoms with Gasteiger partial charge in [-0.15, -0.1) is 0 Å². The molecule has 1 N–H and O–H groups in total. The van der Waals surface area contributed by atoms with Gasteiger partial charge in [0.05, 0.1) is 17.2 Å². The van der Waals surface area contributed by atoms with E-state index in [1.807, 2.05) is 6.92 Å². The van der Waals surface area contributed by atoms with Crippen LogP contribution in [-0.4, -0.2) is 35.1 Å². The van der Waals surface area contributed by atoms with Gasteiger partial charge in [-0.05, 0) is 54.1 Å². The van der Waals surface area contributed by atoms with Crippen molar-refractivity contribution in [1.82, 2.24) is 4.90 Å². The summed E-state index contributed by atoms with van der Waals surface area (Å²) >= 11 is 0.712. The molecule has 3 rings (SSSR count). The summed E-state index contributed by atoms with van der Waals surface area (Å²) < 4.78 is 32.1. The molecule has 1 saturated heterocycles. The minimum absolute atomic E-state index is 0.169. The highest BCUT2D eigenvalue weighted by Crippen LogP contribution is 2.32. The number of carbonyl (C=O) groups is 3. The van der Waals surface area contributed by atoms with Gasteiger partial charge in [-0.2, -0.15) is 0 Å². The Morgan fingerprint density at radius 2 is 1.90 bits per heavy atom. The number of nitrogens with zero attached hydrogens (tertiary/aromatic N) is 1. The summed E-state index contributed by atoms with van der Waals surface area (Å²) in [7, 11) is 0. The van der Waals surface area contributed by atoms with E-state index < -0.39 is 35.2 Å². The number of rotatable bonds is 7. The highest BCUT2D eigenvalue weighted by atomic mass is 32.2. The molecular weight excluding hydrogens is 414 g/mol. The Kier molecular flexibility index (Phi) is 6.83. The first kappa shape index (κ1) is 21.5. The van der Waals surface area contributed by atoms with Gasteiger partial charge in [-0.3, -0.25) is 19.3 Å². The van der Waals surface area contributed by atoms with Crippen molar-refractivity contribution < 1.29 is 27.9 Å². The number of ether oxygens (including phenoxy) is 1. The molecule has 1 heterocycles. The summed E-state index contributed by atoms with van der Waals surface area (Å²) in [4.78, 5) is 37.7. The summed E-state index contributed by atoms with van der Waals surface area (Å²) in [5.41, 5.74) is 0.455. The Hall–Kier alpha value is -3.20. The van der Waals surface area contributed by atoms with Crippen LogP contribution < -0.4 is 10.1 Å². The van der Waals surface area contributed by atoms with Gasteiger partial charge in [0.2, 0.25) is 5.91 Å². The van der Waals surface area contributed by atoms with Gasteiger partial charge in [0, 0.05) is 6.07 Å². The van der Waals surface area contributed by atoms with Gasteiger partial charge >= 0.3 is 0 Å². The summed E-state index contributed by atoms with van der Waals surface area (Å²) in [5.74, 6) is -2.44. The van der Waals surface area contributed by atoms with Gasteiger partial charge in [0.1, 0.15) is 23.9 Å². The van der Waals surface area contributed by atoms with E-state index >= 15 is 0 Å². The summed E-state index contributed by atoms with van der Waals surface area (Å²) in [6.45, 7) is 2.02. The molecule has 2 aromatic carbocycles. The van der Waals surface area contributed by atoms with Crippen LogP contribution in [0.2, 0.25) is 0 Å². The van der Waals surface area contributed by atoms with Crippen LogP contribution in [-0.2, 0) is 9.59 Å². The highest BCUT2D eigenvalue weighted by molar-refractivity contribution is 8.18. The summed E-state index contributed by atoms with van der Waals surface area (Å²) in [6, 6.07) is 9.69. The van der Waals surface area contributed by atoms with Crippen LogP contribution in [0.3, 0.4) is 0 Å².